The molecule has 1 fully saturated rings. The summed E-state index contributed by atoms with van der Waals surface area (Å²) in [5.74, 6) is -0.385. The molecule has 0 spiro atoms. The summed E-state index contributed by atoms with van der Waals surface area (Å²) in [6, 6.07) is 5.94. The summed E-state index contributed by atoms with van der Waals surface area (Å²) >= 11 is 0. The summed E-state index contributed by atoms with van der Waals surface area (Å²) in [6.07, 6.45) is 3.98. The summed E-state index contributed by atoms with van der Waals surface area (Å²) in [7, 11) is 1.90. The van der Waals surface area contributed by atoms with E-state index in [1.165, 1.54) is 6.07 Å². The fraction of sp³-hybridized carbons (Fsp3) is 0.348. The minimum Gasteiger partial charge on any atom is -0.379 e. The van der Waals surface area contributed by atoms with Gasteiger partial charge in [0.05, 0.1) is 30.9 Å². The molecule has 0 bridgehead atoms. The van der Waals surface area contributed by atoms with Crippen molar-refractivity contribution in [1.82, 2.24) is 29.0 Å². The van der Waals surface area contributed by atoms with Crippen LogP contribution in [0.2, 0.25) is 0 Å². The van der Waals surface area contributed by atoms with Crippen molar-refractivity contribution in [1.29, 1.82) is 0 Å². The van der Waals surface area contributed by atoms with Crippen LogP contribution in [-0.2, 0) is 24.8 Å². The molecule has 0 saturated carbocycles. The number of nitrogens with one attached hydrogen (secondary N) is 1. The zero-order valence-corrected chi connectivity index (χ0v) is 18.6. The maximum atomic E-state index is 13.8. The Bertz CT molecular complexity index is 1290. The molecule has 0 radical (unpaired) electrons. The van der Waals surface area contributed by atoms with Gasteiger partial charge in [-0.15, -0.1) is 0 Å². The van der Waals surface area contributed by atoms with Crippen LogP contribution in [0.15, 0.2) is 36.8 Å². The average molecular weight is 453 g/mol. The molecule has 0 amide bonds. The first-order valence-electron chi connectivity index (χ1n) is 10.8. The third-order valence-corrected chi connectivity index (χ3v) is 5.77. The first kappa shape index (κ1) is 21.5. The summed E-state index contributed by atoms with van der Waals surface area (Å²) in [4.78, 5) is 11.5. The van der Waals surface area contributed by atoms with E-state index in [4.69, 9.17) is 14.8 Å². The lowest BCUT2D eigenvalue weighted by Gasteiger charge is -2.26. The normalized spacial score (nSPS) is 14.8. The summed E-state index contributed by atoms with van der Waals surface area (Å²) in [6.45, 7) is 5.68. The molecule has 1 aromatic carbocycles. The third kappa shape index (κ3) is 4.57. The number of fused-ring (bicyclic) bond motifs is 1. The number of hydrogen-bond acceptors (Lipinski definition) is 6. The van der Waals surface area contributed by atoms with E-state index in [0.717, 1.165) is 36.1 Å². The van der Waals surface area contributed by atoms with Gasteiger partial charge >= 0.3 is 0 Å². The number of aromatic nitrogens is 5. The second-order valence-electron chi connectivity index (χ2n) is 8.30. The van der Waals surface area contributed by atoms with E-state index in [0.29, 0.717) is 49.0 Å². The highest BCUT2D eigenvalue weighted by molar-refractivity contribution is 5.60. The van der Waals surface area contributed by atoms with E-state index < -0.39 is 11.6 Å². The minimum absolute atomic E-state index is 0.392. The smallest absolute Gasteiger partial charge is 0.161 e. The zero-order chi connectivity index (χ0) is 22.9. The summed E-state index contributed by atoms with van der Waals surface area (Å²) < 4.78 is 36.4. The van der Waals surface area contributed by atoms with Crippen molar-refractivity contribution in [3.8, 4) is 0 Å². The number of ether oxygens (including phenoxy) is 1. The number of anilines is 2. The van der Waals surface area contributed by atoms with Crippen molar-refractivity contribution >= 4 is 17.3 Å². The second kappa shape index (κ2) is 8.87. The van der Waals surface area contributed by atoms with Crippen LogP contribution in [0.1, 0.15) is 22.5 Å². The lowest BCUT2D eigenvalue weighted by molar-refractivity contribution is 0.0334. The lowest BCUT2D eigenvalue weighted by Crippen LogP contribution is -2.36. The maximum Gasteiger partial charge on any atom is 0.161 e. The Labute approximate surface area is 189 Å². The van der Waals surface area contributed by atoms with Gasteiger partial charge in [-0.05, 0) is 24.6 Å². The predicted octanol–water partition coefficient (Wildman–Crippen LogP) is 3.22. The molecule has 4 heterocycles. The van der Waals surface area contributed by atoms with E-state index >= 15 is 0 Å². The van der Waals surface area contributed by atoms with Gasteiger partial charge in [0, 0.05) is 50.9 Å². The molecule has 0 atom stereocenters. The largest absolute Gasteiger partial charge is 0.379 e. The van der Waals surface area contributed by atoms with Crippen LogP contribution in [0.3, 0.4) is 0 Å². The predicted molar refractivity (Wildman–Crippen MR) is 119 cm³/mol. The zero-order valence-electron chi connectivity index (χ0n) is 18.6. The number of benzene rings is 1. The fourth-order valence-corrected chi connectivity index (χ4v) is 4.06. The van der Waals surface area contributed by atoms with Gasteiger partial charge in [-0.2, -0.15) is 5.10 Å². The van der Waals surface area contributed by atoms with Gasteiger partial charge in [-0.25, -0.2) is 23.3 Å². The molecule has 0 aliphatic carbocycles. The molecule has 1 saturated heterocycles. The van der Waals surface area contributed by atoms with Gasteiger partial charge in [0.1, 0.15) is 11.6 Å². The Morgan fingerprint density at radius 1 is 1.09 bits per heavy atom. The molecule has 1 aliphatic heterocycles. The van der Waals surface area contributed by atoms with Crippen molar-refractivity contribution < 1.29 is 13.5 Å². The summed E-state index contributed by atoms with van der Waals surface area (Å²) in [5, 5.41) is 8.02. The molecule has 3 aromatic heterocycles. The van der Waals surface area contributed by atoms with E-state index in [1.54, 1.807) is 12.4 Å². The number of morpholine rings is 1. The molecular weight excluding hydrogens is 428 g/mol. The van der Waals surface area contributed by atoms with E-state index in [1.807, 2.05) is 35.3 Å². The Balaban J connectivity index is 1.56. The highest BCUT2D eigenvalue weighted by Gasteiger charge is 2.19. The lowest BCUT2D eigenvalue weighted by atomic mass is 10.1. The standard InChI is InChI=1S/C23H25F2N7O/c1-15-18(9-16-3-4-19(24)20(25)10-16)23-28-21(27-22-13-30(2)14-26-22)11-17(32(23)29-15)12-31-5-7-33-8-6-31/h3-4,10-11,13-14H,5-9,12H2,1-2H3,(H,27,28). The van der Waals surface area contributed by atoms with Crippen molar-refractivity contribution in [2.45, 2.75) is 19.9 Å². The Kier molecular flexibility index (Phi) is 5.77. The highest BCUT2D eigenvalue weighted by Crippen LogP contribution is 2.24. The molecule has 1 N–H and O–H groups in total. The van der Waals surface area contributed by atoms with Gasteiger partial charge in [-0.3, -0.25) is 4.90 Å². The van der Waals surface area contributed by atoms with Crippen molar-refractivity contribution in [3.05, 3.63) is 70.9 Å². The Hall–Kier alpha value is -3.37. The van der Waals surface area contributed by atoms with Gasteiger partial charge in [0.15, 0.2) is 17.3 Å². The van der Waals surface area contributed by atoms with Gasteiger partial charge in [-0.1, -0.05) is 6.07 Å². The molecule has 0 unspecified atom stereocenters. The number of aryl methyl sites for hydroxylation is 2. The number of halogens is 2. The molecule has 8 nitrogen and oxygen atoms in total. The van der Waals surface area contributed by atoms with Gasteiger partial charge in [0.25, 0.3) is 0 Å². The highest BCUT2D eigenvalue weighted by atomic mass is 19.2. The van der Waals surface area contributed by atoms with Crippen LogP contribution >= 0.6 is 0 Å². The number of nitrogens with zero attached hydrogens (tertiary/aromatic N) is 6. The first-order valence-corrected chi connectivity index (χ1v) is 10.8. The quantitative estimate of drug-likeness (QED) is 0.483. The first-order chi connectivity index (χ1) is 16.0. The van der Waals surface area contributed by atoms with E-state index in [9.17, 15) is 8.78 Å². The van der Waals surface area contributed by atoms with E-state index in [2.05, 4.69) is 15.2 Å². The van der Waals surface area contributed by atoms with Gasteiger partial charge in [0.2, 0.25) is 0 Å². The number of rotatable bonds is 6. The Morgan fingerprint density at radius 3 is 2.64 bits per heavy atom. The molecular formula is C23H25F2N7O. The average Bonchev–Trinajstić information content (AvgIpc) is 3.34. The van der Waals surface area contributed by atoms with Crippen LogP contribution < -0.4 is 5.32 Å². The minimum atomic E-state index is -0.861. The number of hydrogen-bond donors (Lipinski definition) is 1. The monoisotopic (exact) mass is 453 g/mol. The number of imidazole rings is 1. The molecule has 1 aliphatic rings. The van der Waals surface area contributed by atoms with Crippen LogP contribution in [-0.4, -0.2) is 55.4 Å². The van der Waals surface area contributed by atoms with Crippen molar-refractivity contribution in [2.75, 3.05) is 31.6 Å². The van der Waals surface area contributed by atoms with Crippen LogP contribution in [0.4, 0.5) is 20.4 Å². The molecule has 5 rings (SSSR count). The second-order valence-corrected chi connectivity index (χ2v) is 8.30. The van der Waals surface area contributed by atoms with Gasteiger partial charge < -0.3 is 14.6 Å². The fourth-order valence-electron chi connectivity index (χ4n) is 4.06. The Morgan fingerprint density at radius 2 is 1.91 bits per heavy atom. The molecule has 33 heavy (non-hydrogen) atoms. The van der Waals surface area contributed by atoms with Crippen LogP contribution in [0, 0.1) is 18.6 Å². The molecule has 10 heteroatoms. The van der Waals surface area contributed by atoms with Crippen molar-refractivity contribution in [2.24, 2.45) is 7.05 Å². The molecule has 172 valence electrons. The van der Waals surface area contributed by atoms with Crippen LogP contribution in [0.25, 0.3) is 5.65 Å². The maximum absolute atomic E-state index is 13.8. The van der Waals surface area contributed by atoms with Crippen LogP contribution in [0.5, 0.6) is 0 Å². The summed E-state index contributed by atoms with van der Waals surface area (Å²) in [5.41, 5.74) is 3.98. The van der Waals surface area contributed by atoms with Crippen molar-refractivity contribution in [3.63, 3.8) is 0 Å². The molecule has 4 aromatic rings. The van der Waals surface area contributed by atoms with E-state index in [-0.39, 0.29) is 0 Å². The third-order valence-electron chi connectivity index (χ3n) is 5.77. The topological polar surface area (TPSA) is 72.5 Å². The SMILES string of the molecule is Cc1nn2c(CN3CCOCC3)cc(Nc3cn(C)cn3)nc2c1Cc1ccc(F)c(F)c1.